The summed E-state index contributed by atoms with van der Waals surface area (Å²) in [5, 5.41) is 15.9. The van der Waals surface area contributed by atoms with Gasteiger partial charge in [0.1, 0.15) is 11.4 Å². The van der Waals surface area contributed by atoms with E-state index in [1.54, 1.807) is 30.3 Å². The predicted molar refractivity (Wildman–Crippen MR) is 127 cm³/mol. The van der Waals surface area contributed by atoms with Crippen LogP contribution in [0.15, 0.2) is 55.0 Å². The number of nitrogens with zero attached hydrogens (tertiary/aromatic N) is 2. The van der Waals surface area contributed by atoms with E-state index in [-0.39, 0.29) is 17.5 Å². The van der Waals surface area contributed by atoms with Crippen LogP contribution in [0.3, 0.4) is 0 Å². The van der Waals surface area contributed by atoms with Gasteiger partial charge in [-0.2, -0.15) is 4.73 Å². The molecule has 1 atom stereocenters. The van der Waals surface area contributed by atoms with Crippen molar-refractivity contribution in [1.82, 2.24) is 15.3 Å². The van der Waals surface area contributed by atoms with E-state index in [0.29, 0.717) is 31.7 Å². The fraction of sp³-hybridized carbons (Fsp3) is 0.174. The van der Waals surface area contributed by atoms with Gasteiger partial charge in [0.25, 0.3) is 13.3 Å². The third-order valence-electron chi connectivity index (χ3n) is 5.22. The molecular formula is C23H22ClN4O4P. The van der Waals surface area contributed by atoms with Gasteiger partial charge in [0.2, 0.25) is 6.20 Å². The highest BCUT2D eigenvalue weighted by atomic mass is 35.5. The van der Waals surface area contributed by atoms with Gasteiger partial charge in [-0.15, -0.1) is 0 Å². The number of aryl methyl sites for hydroxylation is 2. The molecular weight excluding hydrogens is 463 g/mol. The van der Waals surface area contributed by atoms with Crippen LogP contribution in [0.2, 0.25) is 5.02 Å². The number of rotatable bonds is 6. The summed E-state index contributed by atoms with van der Waals surface area (Å²) in [4.78, 5) is 20.4. The lowest BCUT2D eigenvalue weighted by Gasteiger charge is -2.19. The quantitative estimate of drug-likeness (QED) is 0.248. The highest BCUT2D eigenvalue weighted by Crippen LogP contribution is 2.47. The first-order valence-corrected chi connectivity index (χ1v) is 12.1. The summed E-state index contributed by atoms with van der Waals surface area (Å²) in [5.41, 5.74) is 2.92. The van der Waals surface area contributed by atoms with Crippen LogP contribution in [0.4, 0.5) is 0 Å². The molecule has 10 heteroatoms. The first-order chi connectivity index (χ1) is 15.7. The van der Waals surface area contributed by atoms with Crippen molar-refractivity contribution in [1.29, 1.82) is 0 Å². The Morgan fingerprint density at radius 1 is 1.24 bits per heavy atom. The molecule has 2 aromatic carbocycles. The van der Waals surface area contributed by atoms with Gasteiger partial charge in [-0.3, -0.25) is 9.36 Å². The van der Waals surface area contributed by atoms with Gasteiger partial charge in [-0.25, -0.2) is 4.98 Å². The molecule has 1 unspecified atom stereocenters. The van der Waals surface area contributed by atoms with Crippen molar-refractivity contribution in [3.8, 4) is 0 Å². The molecule has 0 aliphatic heterocycles. The van der Waals surface area contributed by atoms with E-state index in [1.807, 2.05) is 19.9 Å². The molecule has 0 bridgehead atoms. The number of fused-ring (bicyclic) bond motifs is 1. The second-order valence-electron chi connectivity index (χ2n) is 7.71. The van der Waals surface area contributed by atoms with Crippen LogP contribution in [0.1, 0.15) is 27.3 Å². The number of amides is 1. The largest absolute Gasteiger partial charge is 0.619 e. The summed E-state index contributed by atoms with van der Waals surface area (Å²) in [7, 11) is -2.33. The summed E-state index contributed by atoms with van der Waals surface area (Å²) >= 11 is 6.24. The van der Waals surface area contributed by atoms with Crippen LogP contribution in [0.5, 0.6) is 0 Å². The molecule has 0 aliphatic carbocycles. The molecule has 4 aromatic rings. The Hall–Kier alpha value is -3.19. The monoisotopic (exact) mass is 484 g/mol. The van der Waals surface area contributed by atoms with Gasteiger partial charge in [0, 0.05) is 28.3 Å². The lowest BCUT2D eigenvalue weighted by atomic mass is 10.2. The van der Waals surface area contributed by atoms with E-state index >= 15 is 0 Å². The molecule has 1 amide bonds. The maximum Gasteiger partial charge on any atom is 0.268 e. The van der Waals surface area contributed by atoms with Crippen molar-refractivity contribution in [2.24, 2.45) is 0 Å². The summed E-state index contributed by atoms with van der Waals surface area (Å²) in [6.07, 6.45) is 3.87. The fourth-order valence-electron chi connectivity index (χ4n) is 3.83. The zero-order valence-corrected chi connectivity index (χ0v) is 19.9. The number of H-pyrrole nitrogens is 1. The first kappa shape index (κ1) is 23.0. The minimum atomic E-state index is -3.69. The Balaban J connectivity index is 1.85. The van der Waals surface area contributed by atoms with Crippen molar-refractivity contribution in [2.45, 2.75) is 20.4 Å². The molecule has 170 valence electrons. The average Bonchev–Trinajstić information content (AvgIpc) is 3.15. The maximum absolute atomic E-state index is 14.4. The Labute approximate surface area is 195 Å². The number of halogens is 1. The zero-order chi connectivity index (χ0) is 23.8. The second kappa shape index (κ2) is 8.98. The summed E-state index contributed by atoms with van der Waals surface area (Å²) < 4.78 is 20.7. The smallest absolute Gasteiger partial charge is 0.268 e. The number of nitrogens with one attached hydrogen (secondary N) is 2. The van der Waals surface area contributed by atoms with Crippen molar-refractivity contribution in [3.05, 3.63) is 87.7 Å². The SMILES string of the molecule is COP(=O)(c1cc(C)cc(C)c1)c1c(C(=O)NCc2c[n+]([O-])ccn2)[nH]c2ccc(Cl)cc12. The van der Waals surface area contributed by atoms with E-state index in [2.05, 4.69) is 15.3 Å². The highest BCUT2D eigenvalue weighted by Gasteiger charge is 2.36. The number of aromatic nitrogens is 3. The van der Waals surface area contributed by atoms with Crippen LogP contribution < -0.4 is 20.7 Å². The topological polar surface area (TPSA) is 111 Å². The van der Waals surface area contributed by atoms with Crippen LogP contribution >= 0.6 is 19.0 Å². The van der Waals surface area contributed by atoms with Gasteiger partial charge in [0.15, 0.2) is 6.20 Å². The molecule has 4 rings (SSSR count). The fourth-order valence-corrected chi connectivity index (χ4v) is 6.36. The third kappa shape index (κ3) is 4.50. The molecule has 8 nitrogen and oxygen atoms in total. The molecule has 2 heterocycles. The molecule has 2 N–H and O–H groups in total. The Morgan fingerprint density at radius 3 is 2.64 bits per heavy atom. The first-order valence-electron chi connectivity index (χ1n) is 10.1. The van der Waals surface area contributed by atoms with Crippen LogP contribution in [0.25, 0.3) is 10.9 Å². The predicted octanol–water partition coefficient (Wildman–Crippen LogP) is 3.27. The molecule has 0 saturated heterocycles. The zero-order valence-electron chi connectivity index (χ0n) is 18.3. The number of carbonyl (C=O) groups is 1. The molecule has 0 aliphatic rings. The minimum absolute atomic E-state index is 0.0122. The van der Waals surface area contributed by atoms with Gasteiger partial charge in [-0.1, -0.05) is 28.8 Å². The third-order valence-corrected chi connectivity index (χ3v) is 7.96. The number of hydrogen-bond donors (Lipinski definition) is 2. The van der Waals surface area contributed by atoms with Crippen LogP contribution in [0, 0.1) is 19.1 Å². The number of aromatic amines is 1. The number of benzene rings is 2. The van der Waals surface area contributed by atoms with E-state index < -0.39 is 13.3 Å². The molecule has 0 fully saturated rings. The van der Waals surface area contributed by atoms with Gasteiger partial charge < -0.3 is 20.0 Å². The van der Waals surface area contributed by atoms with E-state index in [4.69, 9.17) is 16.1 Å². The Kier molecular flexibility index (Phi) is 6.26. The van der Waals surface area contributed by atoms with Crippen molar-refractivity contribution < 1.29 is 18.6 Å². The summed E-state index contributed by atoms with van der Waals surface area (Å²) in [5.74, 6) is -0.512. The van der Waals surface area contributed by atoms with Gasteiger partial charge >= 0.3 is 0 Å². The van der Waals surface area contributed by atoms with Gasteiger partial charge in [-0.05, 0) is 44.2 Å². The Morgan fingerprint density at radius 2 is 1.97 bits per heavy atom. The highest BCUT2D eigenvalue weighted by molar-refractivity contribution is 7.75. The molecule has 2 aromatic heterocycles. The average molecular weight is 485 g/mol. The van der Waals surface area contributed by atoms with E-state index in [1.165, 1.54) is 25.7 Å². The molecule has 0 radical (unpaired) electrons. The number of hydrogen-bond acceptors (Lipinski definition) is 5. The minimum Gasteiger partial charge on any atom is -0.619 e. The van der Waals surface area contributed by atoms with E-state index in [9.17, 15) is 14.6 Å². The standard InChI is InChI=1S/C23H22ClN4O4P/c1-14-8-15(2)10-18(9-14)33(31,32-3)22-19-11-16(24)4-5-20(19)27-21(22)23(29)26-12-17-13-28(30)7-6-25-17/h4-11,13,27H,12H2,1-3H3,(H,26,29). The van der Waals surface area contributed by atoms with Crippen molar-refractivity contribution in [2.75, 3.05) is 7.11 Å². The summed E-state index contributed by atoms with van der Waals surface area (Å²) in [6.45, 7) is 3.83. The van der Waals surface area contributed by atoms with E-state index in [0.717, 1.165) is 11.1 Å². The molecule has 33 heavy (non-hydrogen) atoms. The maximum atomic E-state index is 14.4. The van der Waals surface area contributed by atoms with Crippen LogP contribution in [-0.2, 0) is 15.6 Å². The molecule has 0 saturated carbocycles. The number of carbonyl (C=O) groups excluding carboxylic acids is 1. The van der Waals surface area contributed by atoms with Crippen molar-refractivity contribution >= 4 is 46.4 Å². The normalized spacial score (nSPS) is 13.1. The lowest BCUT2D eigenvalue weighted by Crippen LogP contribution is -2.32. The Bertz CT molecular complexity index is 1400. The van der Waals surface area contributed by atoms with Gasteiger partial charge in [0.05, 0.1) is 18.0 Å². The summed E-state index contributed by atoms with van der Waals surface area (Å²) in [6, 6.07) is 10.6. The molecule has 0 spiro atoms. The lowest BCUT2D eigenvalue weighted by molar-refractivity contribution is -0.606. The second-order valence-corrected chi connectivity index (χ2v) is 10.6. The van der Waals surface area contributed by atoms with Crippen molar-refractivity contribution in [3.63, 3.8) is 0 Å². The van der Waals surface area contributed by atoms with Crippen LogP contribution in [-0.4, -0.2) is 23.0 Å².